The molecule has 0 radical (unpaired) electrons. The zero-order valence-corrected chi connectivity index (χ0v) is 16.4. The minimum atomic E-state index is -0.555. The summed E-state index contributed by atoms with van der Waals surface area (Å²) in [4.78, 5) is 26.8. The van der Waals surface area contributed by atoms with Crippen LogP contribution in [0.25, 0.3) is 0 Å². The summed E-state index contributed by atoms with van der Waals surface area (Å²) in [5, 5.41) is 2.67. The number of para-hydroxylation sites is 1. The average molecular weight is 414 g/mol. The first kappa shape index (κ1) is 20.2. The number of fused-ring (bicyclic) bond motifs is 1. The number of benzene rings is 2. The fourth-order valence-corrected chi connectivity index (χ4v) is 3.71. The van der Waals surface area contributed by atoms with E-state index in [0.29, 0.717) is 29.3 Å². The summed E-state index contributed by atoms with van der Waals surface area (Å²) >= 11 is 0. The molecular weight excluding hydrogens is 391 g/mol. The van der Waals surface area contributed by atoms with Crippen LogP contribution in [0.1, 0.15) is 23.2 Å². The van der Waals surface area contributed by atoms with Gasteiger partial charge in [0.05, 0.1) is 5.69 Å². The molecule has 2 aromatic carbocycles. The van der Waals surface area contributed by atoms with Crippen molar-refractivity contribution in [3.63, 3.8) is 0 Å². The van der Waals surface area contributed by atoms with Crippen LogP contribution in [-0.4, -0.2) is 49.8 Å². The topological polar surface area (TPSA) is 77.1 Å². The van der Waals surface area contributed by atoms with Gasteiger partial charge in [-0.3, -0.25) is 15.0 Å². The number of amides is 1. The molecule has 8 heteroatoms. The number of ether oxygens (including phenoxy) is 3. The lowest BCUT2D eigenvalue weighted by Crippen LogP contribution is -2.38. The number of anilines is 1. The van der Waals surface area contributed by atoms with Gasteiger partial charge in [-0.15, -0.1) is 0 Å². The van der Waals surface area contributed by atoms with Crippen molar-refractivity contribution in [3.05, 3.63) is 53.8 Å². The van der Waals surface area contributed by atoms with Crippen molar-refractivity contribution < 1.29 is 28.2 Å². The third-order valence-corrected chi connectivity index (χ3v) is 5.36. The molecule has 1 fully saturated rings. The highest BCUT2D eigenvalue weighted by Gasteiger charge is 2.26. The number of hydrogen-bond donors (Lipinski definition) is 1. The molecule has 1 N–H and O–H groups in total. The number of nitrogens with one attached hydrogen (secondary N) is 1. The van der Waals surface area contributed by atoms with Gasteiger partial charge in [0.2, 0.25) is 6.79 Å². The molecule has 1 saturated heterocycles. The van der Waals surface area contributed by atoms with E-state index in [4.69, 9.17) is 14.2 Å². The Morgan fingerprint density at radius 1 is 1.10 bits per heavy atom. The number of carbonyl (C=O) groups is 2. The average Bonchev–Trinajstić information content (AvgIpc) is 3.24. The van der Waals surface area contributed by atoms with Gasteiger partial charge in [0.25, 0.3) is 0 Å². The zero-order chi connectivity index (χ0) is 20.9. The van der Waals surface area contributed by atoms with Crippen molar-refractivity contribution in [2.75, 3.05) is 38.4 Å². The molecule has 0 unspecified atom stereocenters. The van der Waals surface area contributed by atoms with Crippen LogP contribution < -0.4 is 14.8 Å². The van der Waals surface area contributed by atoms with Gasteiger partial charge in [0.15, 0.2) is 17.3 Å². The van der Waals surface area contributed by atoms with Crippen molar-refractivity contribution >= 4 is 17.6 Å². The lowest BCUT2D eigenvalue weighted by Gasteiger charge is -2.31. The Hall–Kier alpha value is -3.13. The van der Waals surface area contributed by atoms with E-state index >= 15 is 0 Å². The first-order valence-electron chi connectivity index (χ1n) is 9.94. The number of Topliss-reactive ketones (excluding diaryl/α,β-unsaturated/α-hetero) is 1. The van der Waals surface area contributed by atoms with Crippen LogP contribution >= 0.6 is 0 Å². The quantitative estimate of drug-likeness (QED) is 0.727. The van der Waals surface area contributed by atoms with E-state index in [1.54, 1.807) is 18.2 Å². The molecular formula is C22H23FN2O5. The molecule has 4 rings (SSSR count). The number of halogens is 1. The Kier molecular flexibility index (Phi) is 6.13. The first-order chi connectivity index (χ1) is 14.6. The molecule has 158 valence electrons. The van der Waals surface area contributed by atoms with Crippen molar-refractivity contribution in [1.82, 2.24) is 4.90 Å². The summed E-state index contributed by atoms with van der Waals surface area (Å²) < 4.78 is 28.9. The molecule has 0 bridgehead atoms. The molecule has 2 aromatic rings. The summed E-state index contributed by atoms with van der Waals surface area (Å²) in [5.41, 5.74) is 1.06. The van der Waals surface area contributed by atoms with Gasteiger partial charge in [-0.05, 0) is 62.3 Å². The Morgan fingerprint density at radius 2 is 1.87 bits per heavy atom. The number of rotatable bonds is 6. The van der Waals surface area contributed by atoms with E-state index in [2.05, 4.69) is 10.2 Å². The second-order valence-electron chi connectivity index (χ2n) is 7.29. The Labute approximate surface area is 173 Å². The SMILES string of the molecule is O=C(Nc1cccc2c1OCO2)OCCN1CCC(C(=O)c2ccc(F)cc2)CC1. The van der Waals surface area contributed by atoms with Gasteiger partial charge in [-0.1, -0.05) is 6.07 Å². The summed E-state index contributed by atoms with van der Waals surface area (Å²) in [6.45, 7) is 2.47. The lowest BCUT2D eigenvalue weighted by atomic mass is 9.89. The van der Waals surface area contributed by atoms with Crippen LogP contribution in [0.15, 0.2) is 42.5 Å². The molecule has 1 amide bonds. The van der Waals surface area contributed by atoms with Crippen molar-refractivity contribution in [2.24, 2.45) is 5.92 Å². The molecule has 0 spiro atoms. The predicted octanol–water partition coefficient (Wildman–Crippen LogP) is 3.70. The van der Waals surface area contributed by atoms with E-state index in [0.717, 1.165) is 25.9 Å². The van der Waals surface area contributed by atoms with Crippen LogP contribution in [0.3, 0.4) is 0 Å². The van der Waals surface area contributed by atoms with Gasteiger partial charge in [-0.25, -0.2) is 9.18 Å². The second kappa shape index (κ2) is 9.13. The van der Waals surface area contributed by atoms with Crippen LogP contribution in [0.4, 0.5) is 14.9 Å². The van der Waals surface area contributed by atoms with Gasteiger partial charge in [0, 0.05) is 18.0 Å². The Bertz CT molecular complexity index is 910. The number of likely N-dealkylation sites (tertiary alicyclic amines) is 1. The summed E-state index contributed by atoms with van der Waals surface area (Å²) in [7, 11) is 0. The van der Waals surface area contributed by atoms with E-state index in [9.17, 15) is 14.0 Å². The molecule has 7 nitrogen and oxygen atoms in total. The van der Waals surface area contributed by atoms with Gasteiger partial charge < -0.3 is 14.2 Å². The van der Waals surface area contributed by atoms with Crippen LogP contribution in [0, 0.1) is 11.7 Å². The smallest absolute Gasteiger partial charge is 0.411 e. The van der Waals surface area contributed by atoms with E-state index in [-0.39, 0.29) is 30.9 Å². The van der Waals surface area contributed by atoms with E-state index in [1.165, 1.54) is 24.3 Å². The summed E-state index contributed by atoms with van der Waals surface area (Å²) in [5.74, 6) is 0.751. The number of hydrogen-bond acceptors (Lipinski definition) is 6. The highest BCUT2D eigenvalue weighted by molar-refractivity contribution is 5.97. The first-order valence-corrected chi connectivity index (χ1v) is 9.94. The van der Waals surface area contributed by atoms with Crippen molar-refractivity contribution in [2.45, 2.75) is 12.8 Å². The molecule has 0 aliphatic carbocycles. The highest BCUT2D eigenvalue weighted by atomic mass is 19.1. The minimum Gasteiger partial charge on any atom is -0.454 e. The fraction of sp³-hybridized carbons (Fsp3) is 0.364. The molecule has 0 atom stereocenters. The third kappa shape index (κ3) is 4.71. The largest absolute Gasteiger partial charge is 0.454 e. The lowest BCUT2D eigenvalue weighted by molar-refractivity contribution is 0.0813. The molecule has 2 aliphatic rings. The Morgan fingerprint density at radius 3 is 2.63 bits per heavy atom. The molecule has 0 saturated carbocycles. The maximum Gasteiger partial charge on any atom is 0.411 e. The number of nitrogens with zero attached hydrogens (tertiary/aromatic N) is 1. The monoisotopic (exact) mass is 414 g/mol. The van der Waals surface area contributed by atoms with Crippen LogP contribution in [0.5, 0.6) is 11.5 Å². The molecule has 0 aromatic heterocycles. The fourth-order valence-electron chi connectivity index (χ4n) is 3.71. The molecule has 30 heavy (non-hydrogen) atoms. The zero-order valence-electron chi connectivity index (χ0n) is 16.4. The highest BCUT2D eigenvalue weighted by Crippen LogP contribution is 2.38. The second-order valence-corrected chi connectivity index (χ2v) is 7.29. The normalized spacial score (nSPS) is 16.3. The van der Waals surface area contributed by atoms with Gasteiger partial charge >= 0.3 is 6.09 Å². The van der Waals surface area contributed by atoms with Gasteiger partial charge in [0.1, 0.15) is 12.4 Å². The molecule has 2 heterocycles. The minimum absolute atomic E-state index is 0.0571. The van der Waals surface area contributed by atoms with Crippen LogP contribution in [0.2, 0.25) is 0 Å². The third-order valence-electron chi connectivity index (χ3n) is 5.36. The maximum absolute atomic E-state index is 13.0. The summed E-state index contributed by atoms with van der Waals surface area (Å²) in [6.07, 6.45) is 0.909. The van der Waals surface area contributed by atoms with Crippen molar-refractivity contribution in [3.8, 4) is 11.5 Å². The molecule has 2 aliphatic heterocycles. The maximum atomic E-state index is 13.0. The number of carbonyl (C=O) groups excluding carboxylic acids is 2. The van der Waals surface area contributed by atoms with E-state index in [1.807, 2.05) is 0 Å². The number of ketones is 1. The Balaban J connectivity index is 1.18. The summed E-state index contributed by atoms with van der Waals surface area (Å²) in [6, 6.07) is 11.0. The standard InChI is InChI=1S/C22H23FN2O5/c23-17-6-4-15(5-7-17)20(26)16-8-10-25(11-9-16)12-13-28-22(27)24-18-2-1-3-19-21(18)30-14-29-19/h1-7,16H,8-14H2,(H,24,27). The van der Waals surface area contributed by atoms with Gasteiger partial charge in [-0.2, -0.15) is 0 Å². The van der Waals surface area contributed by atoms with Crippen molar-refractivity contribution in [1.29, 1.82) is 0 Å². The van der Waals surface area contributed by atoms with Crippen LogP contribution in [-0.2, 0) is 4.74 Å². The predicted molar refractivity (Wildman–Crippen MR) is 107 cm³/mol. The number of piperidine rings is 1. The van der Waals surface area contributed by atoms with E-state index < -0.39 is 6.09 Å².